The third kappa shape index (κ3) is 1.92. The second-order valence-electron chi connectivity index (χ2n) is 3.43. The van der Waals surface area contributed by atoms with Gasteiger partial charge in [-0.3, -0.25) is 4.68 Å². The van der Waals surface area contributed by atoms with Crippen LogP contribution in [0.2, 0.25) is 0 Å². The van der Waals surface area contributed by atoms with Gasteiger partial charge >= 0.3 is 0 Å². The van der Waals surface area contributed by atoms with Crippen molar-refractivity contribution in [2.45, 2.75) is 25.9 Å². The van der Waals surface area contributed by atoms with E-state index in [-0.39, 0.29) is 6.04 Å². The summed E-state index contributed by atoms with van der Waals surface area (Å²) < 4.78 is 1.92. The molecule has 0 fully saturated rings. The van der Waals surface area contributed by atoms with Crippen LogP contribution in [0.5, 0.6) is 0 Å². The summed E-state index contributed by atoms with van der Waals surface area (Å²) in [6.45, 7) is 3.00. The average Bonchev–Trinajstić information content (AvgIpc) is 2.87. The standard InChI is InChI=1S/C10H15N5/c1-2-7-15-8(3-4-14-15)9(11)10-12-5-6-13-10/h3-6,9H,2,7,11H2,1H3,(H,12,13). The Labute approximate surface area is 88.3 Å². The fourth-order valence-electron chi connectivity index (χ4n) is 1.59. The molecule has 0 spiro atoms. The molecule has 0 aromatic carbocycles. The Morgan fingerprint density at radius 1 is 1.53 bits per heavy atom. The molecule has 2 heterocycles. The molecule has 80 valence electrons. The molecule has 0 bridgehead atoms. The van der Waals surface area contributed by atoms with Crippen LogP contribution in [0, 0.1) is 0 Å². The fourth-order valence-corrected chi connectivity index (χ4v) is 1.59. The summed E-state index contributed by atoms with van der Waals surface area (Å²) in [5, 5.41) is 4.23. The average molecular weight is 205 g/mol. The Kier molecular flexibility index (Phi) is 2.82. The number of nitrogens with one attached hydrogen (secondary N) is 1. The fraction of sp³-hybridized carbons (Fsp3) is 0.400. The first-order valence-electron chi connectivity index (χ1n) is 5.09. The number of aryl methyl sites for hydroxylation is 1. The van der Waals surface area contributed by atoms with Crippen molar-refractivity contribution in [2.24, 2.45) is 5.73 Å². The molecule has 3 N–H and O–H groups in total. The molecule has 0 aliphatic heterocycles. The summed E-state index contributed by atoms with van der Waals surface area (Å²) in [6.07, 6.45) is 6.29. The highest BCUT2D eigenvalue weighted by molar-refractivity contribution is 5.15. The van der Waals surface area contributed by atoms with Crippen LogP contribution in [-0.2, 0) is 6.54 Å². The lowest BCUT2D eigenvalue weighted by molar-refractivity contribution is 0.554. The van der Waals surface area contributed by atoms with Crippen molar-refractivity contribution in [3.05, 3.63) is 36.2 Å². The topological polar surface area (TPSA) is 72.5 Å². The molecule has 0 saturated carbocycles. The number of aromatic nitrogens is 4. The molecule has 1 atom stereocenters. The highest BCUT2D eigenvalue weighted by Gasteiger charge is 2.15. The van der Waals surface area contributed by atoms with Crippen molar-refractivity contribution >= 4 is 0 Å². The maximum absolute atomic E-state index is 6.08. The summed E-state index contributed by atoms with van der Waals surface area (Å²) in [5.41, 5.74) is 7.07. The van der Waals surface area contributed by atoms with Gasteiger partial charge in [0.1, 0.15) is 11.9 Å². The molecule has 0 saturated heterocycles. The number of rotatable bonds is 4. The quantitative estimate of drug-likeness (QED) is 0.784. The van der Waals surface area contributed by atoms with Crippen molar-refractivity contribution < 1.29 is 0 Å². The minimum atomic E-state index is -0.228. The molecular formula is C10H15N5. The van der Waals surface area contributed by atoms with E-state index in [0.29, 0.717) is 0 Å². The van der Waals surface area contributed by atoms with Gasteiger partial charge in [-0.25, -0.2) is 4.98 Å². The third-order valence-electron chi connectivity index (χ3n) is 2.32. The molecule has 2 aromatic rings. The van der Waals surface area contributed by atoms with Crippen LogP contribution >= 0.6 is 0 Å². The lowest BCUT2D eigenvalue weighted by Crippen LogP contribution is -2.18. The Morgan fingerprint density at radius 3 is 3.07 bits per heavy atom. The van der Waals surface area contributed by atoms with Gasteiger partial charge in [0.2, 0.25) is 0 Å². The number of nitrogens with zero attached hydrogens (tertiary/aromatic N) is 3. The van der Waals surface area contributed by atoms with Crippen LogP contribution in [0.3, 0.4) is 0 Å². The molecule has 15 heavy (non-hydrogen) atoms. The summed E-state index contributed by atoms with van der Waals surface area (Å²) in [5.74, 6) is 0.771. The summed E-state index contributed by atoms with van der Waals surface area (Å²) in [4.78, 5) is 7.17. The van der Waals surface area contributed by atoms with E-state index in [9.17, 15) is 0 Å². The predicted molar refractivity (Wildman–Crippen MR) is 57.1 cm³/mol. The second-order valence-corrected chi connectivity index (χ2v) is 3.43. The van der Waals surface area contributed by atoms with Crippen LogP contribution in [0.25, 0.3) is 0 Å². The van der Waals surface area contributed by atoms with Gasteiger partial charge in [-0.05, 0) is 12.5 Å². The van der Waals surface area contributed by atoms with E-state index in [1.165, 1.54) is 0 Å². The van der Waals surface area contributed by atoms with Crippen LogP contribution in [0.15, 0.2) is 24.7 Å². The molecule has 1 unspecified atom stereocenters. The number of imidazole rings is 1. The molecule has 5 heteroatoms. The predicted octanol–water partition coefficient (Wildman–Crippen LogP) is 1.06. The lowest BCUT2D eigenvalue weighted by atomic mass is 10.2. The van der Waals surface area contributed by atoms with Gasteiger partial charge in [0.05, 0.1) is 5.69 Å². The van der Waals surface area contributed by atoms with Gasteiger partial charge in [0, 0.05) is 25.1 Å². The zero-order valence-electron chi connectivity index (χ0n) is 8.72. The van der Waals surface area contributed by atoms with E-state index in [4.69, 9.17) is 5.73 Å². The lowest BCUT2D eigenvalue weighted by Gasteiger charge is -2.11. The highest BCUT2D eigenvalue weighted by atomic mass is 15.3. The molecular weight excluding hydrogens is 190 g/mol. The first-order chi connectivity index (χ1) is 7.33. The smallest absolute Gasteiger partial charge is 0.129 e. The van der Waals surface area contributed by atoms with Gasteiger partial charge < -0.3 is 10.7 Å². The van der Waals surface area contributed by atoms with E-state index in [1.807, 2.05) is 10.7 Å². The zero-order valence-corrected chi connectivity index (χ0v) is 8.72. The normalized spacial score (nSPS) is 12.9. The van der Waals surface area contributed by atoms with E-state index in [2.05, 4.69) is 22.0 Å². The molecule has 2 aromatic heterocycles. The van der Waals surface area contributed by atoms with Gasteiger partial charge in [0.25, 0.3) is 0 Å². The minimum Gasteiger partial charge on any atom is -0.347 e. The van der Waals surface area contributed by atoms with E-state index in [1.54, 1.807) is 18.6 Å². The minimum absolute atomic E-state index is 0.228. The van der Waals surface area contributed by atoms with Crippen LogP contribution in [0.4, 0.5) is 0 Å². The number of hydrogen-bond acceptors (Lipinski definition) is 3. The van der Waals surface area contributed by atoms with Crippen molar-refractivity contribution in [1.82, 2.24) is 19.7 Å². The van der Waals surface area contributed by atoms with Crippen molar-refractivity contribution in [1.29, 1.82) is 0 Å². The van der Waals surface area contributed by atoms with E-state index >= 15 is 0 Å². The maximum Gasteiger partial charge on any atom is 0.129 e. The van der Waals surface area contributed by atoms with Gasteiger partial charge in [-0.15, -0.1) is 0 Å². The number of nitrogens with two attached hydrogens (primary N) is 1. The van der Waals surface area contributed by atoms with Crippen molar-refractivity contribution in [3.8, 4) is 0 Å². The van der Waals surface area contributed by atoms with E-state index in [0.717, 1.165) is 24.5 Å². The SMILES string of the molecule is CCCn1nccc1C(N)c1ncc[nH]1. The Bertz CT molecular complexity index is 403. The van der Waals surface area contributed by atoms with E-state index < -0.39 is 0 Å². The van der Waals surface area contributed by atoms with Crippen LogP contribution in [0.1, 0.15) is 30.9 Å². The number of aromatic amines is 1. The highest BCUT2D eigenvalue weighted by Crippen LogP contribution is 2.15. The Hall–Kier alpha value is -1.62. The van der Waals surface area contributed by atoms with Crippen molar-refractivity contribution in [3.63, 3.8) is 0 Å². The number of hydrogen-bond donors (Lipinski definition) is 2. The molecule has 0 aliphatic rings. The largest absolute Gasteiger partial charge is 0.347 e. The summed E-state index contributed by atoms with van der Waals surface area (Å²) in [7, 11) is 0. The summed E-state index contributed by atoms with van der Waals surface area (Å²) >= 11 is 0. The zero-order chi connectivity index (χ0) is 10.7. The Morgan fingerprint density at radius 2 is 2.40 bits per heavy atom. The van der Waals surface area contributed by atoms with Crippen LogP contribution < -0.4 is 5.73 Å². The van der Waals surface area contributed by atoms with Gasteiger partial charge in [-0.1, -0.05) is 6.92 Å². The van der Waals surface area contributed by atoms with Gasteiger partial charge in [0.15, 0.2) is 0 Å². The molecule has 5 nitrogen and oxygen atoms in total. The number of H-pyrrole nitrogens is 1. The first kappa shape index (κ1) is 9.92. The Balaban J connectivity index is 2.25. The molecule has 0 amide bonds. The molecule has 0 radical (unpaired) electrons. The second kappa shape index (κ2) is 4.27. The molecule has 0 aliphatic carbocycles. The molecule has 2 rings (SSSR count). The van der Waals surface area contributed by atoms with Crippen LogP contribution in [-0.4, -0.2) is 19.7 Å². The third-order valence-corrected chi connectivity index (χ3v) is 2.32. The summed E-state index contributed by atoms with van der Waals surface area (Å²) in [6, 6.07) is 1.71. The monoisotopic (exact) mass is 205 g/mol. The van der Waals surface area contributed by atoms with Gasteiger partial charge in [-0.2, -0.15) is 5.10 Å². The van der Waals surface area contributed by atoms with Crippen molar-refractivity contribution in [2.75, 3.05) is 0 Å². The first-order valence-corrected chi connectivity index (χ1v) is 5.09. The maximum atomic E-state index is 6.08.